The van der Waals surface area contributed by atoms with Crippen molar-refractivity contribution in [3.8, 4) is 22.7 Å². The van der Waals surface area contributed by atoms with Crippen LogP contribution in [0.5, 0.6) is 5.75 Å². The predicted molar refractivity (Wildman–Crippen MR) is 219 cm³/mol. The van der Waals surface area contributed by atoms with Crippen molar-refractivity contribution in [2.45, 2.75) is 115 Å². The van der Waals surface area contributed by atoms with E-state index in [9.17, 15) is 39.6 Å². The van der Waals surface area contributed by atoms with E-state index in [4.69, 9.17) is 9.47 Å². The highest BCUT2D eigenvalue weighted by Crippen LogP contribution is 2.43. The van der Waals surface area contributed by atoms with Gasteiger partial charge in [-0.25, -0.2) is 31.0 Å². The lowest BCUT2D eigenvalue weighted by molar-refractivity contribution is -0.141. The number of fused-ring (bicyclic) bond motifs is 1. The molecular formula is C41H51F3N6O8S2. The van der Waals surface area contributed by atoms with Gasteiger partial charge in [0.25, 0.3) is 15.9 Å². The zero-order valence-corrected chi connectivity index (χ0v) is 36.6. The molecule has 2 heterocycles. The number of hydrogen-bond acceptors (Lipinski definition) is 10. The van der Waals surface area contributed by atoms with Crippen molar-refractivity contribution >= 4 is 32.0 Å². The number of halogens is 3. The number of rotatable bonds is 14. The summed E-state index contributed by atoms with van der Waals surface area (Å²) in [7, 11) is -8.53. The number of benzene rings is 3. The average molecular weight is 877 g/mol. The third-order valence-electron chi connectivity index (χ3n) is 9.78. The van der Waals surface area contributed by atoms with Crippen molar-refractivity contribution in [3.05, 3.63) is 88.1 Å². The van der Waals surface area contributed by atoms with Crippen LogP contribution in [0.15, 0.2) is 64.4 Å². The standard InChI is InChI=1S/C41H51F3N6O8S2/c1-24-12-14-28(15-13-24)33-21-34(41(42,43)44)48-50(33)29-16-18-30(19-17-29)59(53,54)49-37(51)32(47-38(52)58-39(5,6)7)11-10-20-45-23-46-60(55,56)36-26(3)25(2)35-31(27(36)4)22-40(8,9)57-35/h12-19,21,32,45-46H,10-11,20,22-23H2,1-9H3,(H,47,52)(H,49,51). The zero-order valence-electron chi connectivity index (χ0n) is 34.9. The first-order valence-corrected chi connectivity index (χ1v) is 22.1. The maximum atomic E-state index is 13.7. The Labute approximate surface area is 348 Å². The number of alkyl halides is 3. The first-order valence-electron chi connectivity index (χ1n) is 19.1. The first-order chi connectivity index (χ1) is 27.7. The highest BCUT2D eigenvalue weighted by molar-refractivity contribution is 7.90. The molecule has 0 saturated heterocycles. The molecule has 4 N–H and O–H groups in total. The second-order valence-electron chi connectivity index (χ2n) is 16.4. The molecule has 1 unspecified atom stereocenters. The van der Waals surface area contributed by atoms with E-state index in [-0.39, 0.29) is 47.2 Å². The summed E-state index contributed by atoms with van der Waals surface area (Å²) in [5.74, 6) is -0.375. The van der Waals surface area contributed by atoms with Crippen molar-refractivity contribution in [2.24, 2.45) is 0 Å². The fourth-order valence-electron chi connectivity index (χ4n) is 6.78. The molecule has 3 aromatic carbocycles. The van der Waals surface area contributed by atoms with Gasteiger partial charge in [0.05, 0.1) is 27.8 Å². The summed E-state index contributed by atoms with van der Waals surface area (Å²) in [6, 6.07) is 11.0. The molecule has 0 aliphatic carbocycles. The van der Waals surface area contributed by atoms with E-state index in [1.54, 1.807) is 58.9 Å². The summed E-state index contributed by atoms with van der Waals surface area (Å²) in [5, 5.41) is 9.11. The van der Waals surface area contributed by atoms with Crippen LogP contribution in [-0.4, -0.2) is 69.1 Å². The van der Waals surface area contributed by atoms with Gasteiger partial charge in [0.15, 0.2) is 5.69 Å². The topological polar surface area (TPSA) is 187 Å². The fraction of sp³-hybridized carbons (Fsp3) is 0.439. The molecule has 0 saturated carbocycles. The van der Waals surface area contributed by atoms with Crippen LogP contribution in [0.2, 0.25) is 0 Å². The molecule has 2 amide bonds. The number of carbonyl (C=O) groups is 2. The van der Waals surface area contributed by atoms with Gasteiger partial charge >= 0.3 is 12.3 Å². The molecule has 4 aromatic rings. The Balaban J connectivity index is 1.25. The van der Waals surface area contributed by atoms with Gasteiger partial charge < -0.3 is 20.1 Å². The van der Waals surface area contributed by atoms with Crippen LogP contribution in [0.25, 0.3) is 16.9 Å². The minimum absolute atomic E-state index is 0.0834. The van der Waals surface area contributed by atoms with Gasteiger partial charge in [-0.15, -0.1) is 0 Å². The number of amides is 2. The second-order valence-corrected chi connectivity index (χ2v) is 19.8. The number of sulfonamides is 2. The van der Waals surface area contributed by atoms with E-state index >= 15 is 0 Å². The van der Waals surface area contributed by atoms with E-state index < -0.39 is 61.2 Å². The predicted octanol–water partition coefficient (Wildman–Crippen LogP) is 6.51. The quantitative estimate of drug-likeness (QED) is 0.0804. The lowest BCUT2D eigenvalue weighted by Gasteiger charge is -2.23. The summed E-state index contributed by atoms with van der Waals surface area (Å²) in [4.78, 5) is 26.0. The molecule has 326 valence electrons. The molecule has 0 spiro atoms. The van der Waals surface area contributed by atoms with E-state index in [0.717, 1.165) is 39.6 Å². The maximum absolute atomic E-state index is 13.7. The van der Waals surface area contributed by atoms with Crippen molar-refractivity contribution in [1.82, 2.24) is 29.9 Å². The molecule has 1 atom stereocenters. The maximum Gasteiger partial charge on any atom is 0.435 e. The van der Waals surface area contributed by atoms with Crippen molar-refractivity contribution in [1.29, 1.82) is 0 Å². The molecule has 1 aliphatic rings. The van der Waals surface area contributed by atoms with Crippen molar-refractivity contribution in [2.75, 3.05) is 13.2 Å². The Kier molecular flexibility index (Phi) is 13.2. The third-order valence-corrected chi connectivity index (χ3v) is 12.8. The number of ether oxygens (including phenoxy) is 2. The molecule has 19 heteroatoms. The lowest BCUT2D eigenvalue weighted by Crippen LogP contribution is -2.49. The number of carbonyl (C=O) groups excluding carboxylic acids is 2. The molecule has 5 rings (SSSR count). The summed E-state index contributed by atoms with van der Waals surface area (Å²) in [6.07, 6.45) is -5.06. The van der Waals surface area contributed by atoms with Gasteiger partial charge in [-0.1, -0.05) is 29.8 Å². The van der Waals surface area contributed by atoms with Crippen LogP contribution in [0.3, 0.4) is 0 Å². The van der Waals surface area contributed by atoms with E-state index in [1.165, 1.54) is 12.1 Å². The lowest BCUT2D eigenvalue weighted by atomic mass is 9.94. The number of hydrogen-bond donors (Lipinski definition) is 4. The summed E-state index contributed by atoms with van der Waals surface area (Å²) >= 11 is 0. The fourth-order valence-corrected chi connectivity index (χ4v) is 9.32. The van der Waals surface area contributed by atoms with Crippen LogP contribution in [0, 0.1) is 27.7 Å². The van der Waals surface area contributed by atoms with Gasteiger partial charge in [0.2, 0.25) is 10.0 Å². The highest BCUT2D eigenvalue weighted by Gasteiger charge is 2.37. The smallest absolute Gasteiger partial charge is 0.435 e. The Hall–Kier alpha value is -4.98. The number of nitrogens with one attached hydrogen (secondary N) is 4. The highest BCUT2D eigenvalue weighted by atomic mass is 32.2. The van der Waals surface area contributed by atoms with Gasteiger partial charge in [0.1, 0.15) is 23.0 Å². The van der Waals surface area contributed by atoms with Gasteiger partial charge in [-0.05, 0) is 129 Å². The molecule has 1 aliphatic heterocycles. The second kappa shape index (κ2) is 17.2. The molecule has 1 aromatic heterocycles. The first kappa shape index (κ1) is 46.1. The van der Waals surface area contributed by atoms with Gasteiger partial charge in [-0.3, -0.25) is 4.79 Å². The number of nitrogens with zero attached hydrogens (tertiary/aromatic N) is 2. The Morgan fingerprint density at radius 3 is 2.15 bits per heavy atom. The van der Waals surface area contributed by atoms with Crippen molar-refractivity contribution in [3.63, 3.8) is 0 Å². The molecule has 60 heavy (non-hydrogen) atoms. The van der Waals surface area contributed by atoms with Crippen LogP contribution < -0.4 is 24.8 Å². The Morgan fingerprint density at radius 2 is 1.55 bits per heavy atom. The third kappa shape index (κ3) is 10.8. The Morgan fingerprint density at radius 1 is 0.917 bits per heavy atom. The van der Waals surface area contributed by atoms with Crippen LogP contribution in [0.4, 0.5) is 18.0 Å². The minimum Gasteiger partial charge on any atom is -0.487 e. The van der Waals surface area contributed by atoms with Crippen LogP contribution >= 0.6 is 0 Å². The van der Waals surface area contributed by atoms with E-state index in [2.05, 4.69) is 20.5 Å². The average Bonchev–Trinajstić information content (AvgIpc) is 3.73. The molecule has 0 fully saturated rings. The number of aromatic nitrogens is 2. The molecule has 0 bridgehead atoms. The number of aryl methyl sites for hydroxylation is 1. The zero-order chi connectivity index (χ0) is 44.6. The number of alkyl carbamates (subject to hydrolysis) is 1. The van der Waals surface area contributed by atoms with E-state index in [0.29, 0.717) is 28.9 Å². The van der Waals surface area contributed by atoms with Gasteiger partial charge in [-0.2, -0.15) is 23.0 Å². The SMILES string of the molecule is Cc1ccc(-c2cc(C(F)(F)F)nn2-c2ccc(S(=O)(=O)NC(=O)C(CCCNCNS(=O)(=O)c3c(C)c(C)c4c(c3C)CC(C)(C)O4)NC(=O)OC(C)(C)C)cc2)cc1. The minimum atomic E-state index is -4.75. The summed E-state index contributed by atoms with van der Waals surface area (Å²) in [5.41, 5.74) is 1.83. The molecule has 0 radical (unpaired) electrons. The van der Waals surface area contributed by atoms with Crippen molar-refractivity contribution < 1.29 is 49.1 Å². The normalized spacial score (nSPS) is 14.6. The molecular weight excluding hydrogens is 826 g/mol. The van der Waals surface area contributed by atoms with Gasteiger partial charge in [0, 0.05) is 17.5 Å². The van der Waals surface area contributed by atoms with Crippen LogP contribution in [0.1, 0.15) is 81.0 Å². The van der Waals surface area contributed by atoms with E-state index in [1.807, 2.05) is 32.4 Å². The van der Waals surface area contributed by atoms with Crippen LogP contribution in [-0.2, 0) is 42.2 Å². The largest absolute Gasteiger partial charge is 0.487 e. The summed E-state index contributed by atoms with van der Waals surface area (Å²) < 4.78 is 112. The monoisotopic (exact) mass is 876 g/mol. The Bertz CT molecular complexity index is 2480. The summed E-state index contributed by atoms with van der Waals surface area (Å²) in [6.45, 7) is 15.9. The molecule has 14 nitrogen and oxygen atoms in total.